The van der Waals surface area contributed by atoms with Crippen LogP contribution in [-0.4, -0.2) is 23.4 Å². The van der Waals surface area contributed by atoms with Crippen molar-refractivity contribution in [1.29, 1.82) is 0 Å². The first-order valence-electron chi connectivity index (χ1n) is 8.84. The van der Waals surface area contributed by atoms with Gasteiger partial charge in [-0.2, -0.15) is 0 Å². The molecule has 28 heavy (non-hydrogen) atoms. The molecule has 0 spiro atoms. The standard InChI is InChI=1S/C21H22BrNO3S2/c1-14-4-8-17(9-5-14)27(24)13-12-19-16(3)21(23-20(19)22)28(25,26)18-10-6-15(2)7-11-18/h4-11,23H,12-13H2,1-3H3. The molecule has 0 saturated carbocycles. The van der Waals surface area contributed by atoms with Crippen LogP contribution >= 0.6 is 15.9 Å². The smallest absolute Gasteiger partial charge is 0.222 e. The van der Waals surface area contributed by atoms with Gasteiger partial charge >= 0.3 is 0 Å². The molecule has 0 amide bonds. The van der Waals surface area contributed by atoms with Gasteiger partial charge in [0.15, 0.2) is 0 Å². The average molecular weight is 480 g/mol. The van der Waals surface area contributed by atoms with Crippen LogP contribution in [0, 0.1) is 20.8 Å². The molecule has 1 N–H and O–H groups in total. The molecule has 148 valence electrons. The van der Waals surface area contributed by atoms with Crippen molar-refractivity contribution in [2.45, 2.75) is 42.0 Å². The van der Waals surface area contributed by atoms with Gasteiger partial charge in [0.2, 0.25) is 9.84 Å². The van der Waals surface area contributed by atoms with E-state index in [1.165, 1.54) is 0 Å². The van der Waals surface area contributed by atoms with E-state index in [0.717, 1.165) is 21.6 Å². The summed E-state index contributed by atoms with van der Waals surface area (Å²) in [6, 6.07) is 14.4. The van der Waals surface area contributed by atoms with Crippen molar-refractivity contribution >= 4 is 36.6 Å². The normalized spacial score (nSPS) is 12.9. The molecule has 3 aromatic rings. The van der Waals surface area contributed by atoms with E-state index >= 15 is 0 Å². The minimum absolute atomic E-state index is 0.180. The maximum Gasteiger partial charge on any atom is 0.222 e. The molecule has 0 aliphatic rings. The van der Waals surface area contributed by atoms with Crippen molar-refractivity contribution in [3.05, 3.63) is 75.4 Å². The Morgan fingerprint density at radius 2 is 1.46 bits per heavy atom. The van der Waals surface area contributed by atoms with Crippen molar-refractivity contribution < 1.29 is 12.6 Å². The Morgan fingerprint density at radius 3 is 2.04 bits per heavy atom. The Balaban J connectivity index is 1.84. The highest BCUT2D eigenvalue weighted by Crippen LogP contribution is 2.31. The second-order valence-electron chi connectivity index (χ2n) is 6.80. The number of H-pyrrole nitrogens is 1. The number of hydrogen-bond donors (Lipinski definition) is 1. The van der Waals surface area contributed by atoms with E-state index in [-0.39, 0.29) is 9.92 Å². The van der Waals surface area contributed by atoms with Gasteiger partial charge in [-0.1, -0.05) is 35.4 Å². The van der Waals surface area contributed by atoms with E-state index in [0.29, 0.717) is 22.3 Å². The third kappa shape index (κ3) is 4.31. The number of hydrogen-bond acceptors (Lipinski definition) is 3. The topological polar surface area (TPSA) is 67.0 Å². The van der Waals surface area contributed by atoms with Gasteiger partial charge in [-0.15, -0.1) is 0 Å². The first kappa shape index (κ1) is 21.0. The minimum atomic E-state index is -3.64. The molecule has 7 heteroatoms. The fourth-order valence-corrected chi connectivity index (χ4v) is 6.36. The lowest BCUT2D eigenvalue weighted by atomic mass is 10.2. The molecule has 0 fully saturated rings. The van der Waals surface area contributed by atoms with Crippen LogP contribution in [0.2, 0.25) is 0 Å². The molecule has 0 aliphatic carbocycles. The Labute approximate surface area is 176 Å². The number of aromatic nitrogens is 1. The molecular formula is C21H22BrNO3S2. The molecule has 3 rings (SSSR count). The van der Waals surface area contributed by atoms with Crippen LogP contribution in [0.25, 0.3) is 0 Å². The summed E-state index contributed by atoms with van der Waals surface area (Å²) in [7, 11) is -4.79. The Morgan fingerprint density at radius 1 is 0.929 bits per heavy atom. The van der Waals surface area contributed by atoms with Crippen LogP contribution in [0.1, 0.15) is 22.3 Å². The largest absolute Gasteiger partial charge is 0.340 e. The molecule has 1 unspecified atom stereocenters. The summed E-state index contributed by atoms with van der Waals surface area (Å²) < 4.78 is 39.2. The number of benzene rings is 2. The van der Waals surface area contributed by atoms with Gasteiger partial charge in [-0.05, 0) is 78.5 Å². The van der Waals surface area contributed by atoms with Crippen molar-refractivity contribution in [3.8, 4) is 0 Å². The van der Waals surface area contributed by atoms with Crippen LogP contribution < -0.4 is 0 Å². The lowest BCUT2D eigenvalue weighted by Crippen LogP contribution is -2.05. The molecular weight excluding hydrogens is 458 g/mol. The number of aromatic amines is 1. The molecule has 0 saturated heterocycles. The Kier molecular flexibility index (Phi) is 6.27. The summed E-state index contributed by atoms with van der Waals surface area (Å²) in [6.45, 7) is 5.69. The highest BCUT2D eigenvalue weighted by molar-refractivity contribution is 9.10. The van der Waals surface area contributed by atoms with Gasteiger partial charge in [-0.3, -0.25) is 4.21 Å². The quantitative estimate of drug-likeness (QED) is 0.547. The summed E-state index contributed by atoms with van der Waals surface area (Å²) in [5.74, 6) is 0.421. The molecule has 4 nitrogen and oxygen atoms in total. The van der Waals surface area contributed by atoms with Crippen LogP contribution in [-0.2, 0) is 27.1 Å². The maximum absolute atomic E-state index is 13.0. The monoisotopic (exact) mass is 479 g/mol. The molecule has 0 bridgehead atoms. The highest BCUT2D eigenvalue weighted by Gasteiger charge is 2.25. The van der Waals surface area contributed by atoms with Gasteiger partial charge < -0.3 is 4.98 Å². The Bertz CT molecular complexity index is 1120. The number of halogens is 1. The van der Waals surface area contributed by atoms with E-state index in [4.69, 9.17) is 0 Å². The lowest BCUT2D eigenvalue weighted by molar-refractivity contribution is 0.592. The zero-order chi connectivity index (χ0) is 20.5. The number of aryl methyl sites for hydroxylation is 2. The second-order valence-corrected chi connectivity index (χ2v) is 11.1. The predicted molar refractivity (Wildman–Crippen MR) is 116 cm³/mol. The summed E-state index contributed by atoms with van der Waals surface area (Å²) >= 11 is 3.44. The van der Waals surface area contributed by atoms with Crippen LogP contribution in [0.5, 0.6) is 0 Å². The van der Waals surface area contributed by atoms with Gasteiger partial charge in [0.1, 0.15) is 5.03 Å². The van der Waals surface area contributed by atoms with E-state index < -0.39 is 20.6 Å². The Hall–Kier alpha value is -1.70. The molecule has 2 aromatic carbocycles. The maximum atomic E-state index is 13.0. The van der Waals surface area contributed by atoms with E-state index in [1.54, 1.807) is 31.2 Å². The lowest BCUT2D eigenvalue weighted by Gasteiger charge is -2.06. The third-order valence-corrected chi connectivity index (χ3v) is 8.59. The fraction of sp³-hybridized carbons (Fsp3) is 0.238. The van der Waals surface area contributed by atoms with Crippen molar-refractivity contribution in [2.24, 2.45) is 0 Å². The summed E-state index contributed by atoms with van der Waals surface area (Å²) in [6.07, 6.45) is 0.507. The fourth-order valence-electron chi connectivity index (χ4n) is 2.97. The molecule has 1 aromatic heterocycles. The van der Waals surface area contributed by atoms with Gasteiger partial charge in [-0.25, -0.2) is 8.42 Å². The SMILES string of the molecule is Cc1ccc(S(=O)CCc2c(Br)[nH]c(S(=O)(=O)c3ccc(C)cc3)c2C)cc1. The zero-order valence-corrected chi connectivity index (χ0v) is 19.2. The molecule has 1 atom stereocenters. The highest BCUT2D eigenvalue weighted by atomic mass is 79.9. The predicted octanol–water partition coefficient (Wildman–Crippen LogP) is 4.89. The summed E-state index contributed by atoms with van der Waals surface area (Å²) in [4.78, 5) is 4.00. The number of nitrogens with one attached hydrogen (secondary N) is 1. The first-order chi connectivity index (χ1) is 13.2. The van der Waals surface area contributed by atoms with Crippen molar-refractivity contribution in [2.75, 3.05) is 5.75 Å². The van der Waals surface area contributed by atoms with Crippen LogP contribution in [0.3, 0.4) is 0 Å². The zero-order valence-electron chi connectivity index (χ0n) is 16.0. The minimum Gasteiger partial charge on any atom is -0.340 e. The second kappa shape index (κ2) is 8.35. The average Bonchev–Trinajstić information content (AvgIpc) is 2.95. The summed E-state index contributed by atoms with van der Waals surface area (Å²) in [5.41, 5.74) is 3.62. The van der Waals surface area contributed by atoms with Crippen molar-refractivity contribution in [3.63, 3.8) is 0 Å². The van der Waals surface area contributed by atoms with Crippen LogP contribution in [0.15, 0.2) is 68.0 Å². The number of rotatable bonds is 6. The van der Waals surface area contributed by atoms with Gasteiger partial charge in [0.25, 0.3) is 0 Å². The van der Waals surface area contributed by atoms with Gasteiger partial charge in [0, 0.05) is 10.6 Å². The molecule has 1 heterocycles. The number of sulfone groups is 1. The van der Waals surface area contributed by atoms with E-state index in [1.807, 2.05) is 38.1 Å². The van der Waals surface area contributed by atoms with Gasteiger partial charge in [0.05, 0.1) is 20.3 Å². The molecule has 0 radical (unpaired) electrons. The molecule has 0 aliphatic heterocycles. The third-order valence-electron chi connectivity index (χ3n) is 4.70. The van der Waals surface area contributed by atoms with Crippen molar-refractivity contribution in [1.82, 2.24) is 4.98 Å². The van der Waals surface area contributed by atoms with E-state index in [9.17, 15) is 12.6 Å². The van der Waals surface area contributed by atoms with Crippen LogP contribution in [0.4, 0.5) is 0 Å². The summed E-state index contributed by atoms with van der Waals surface area (Å²) in [5, 5.41) is 0.180. The van der Waals surface area contributed by atoms with E-state index in [2.05, 4.69) is 20.9 Å². The first-order valence-corrected chi connectivity index (χ1v) is 12.4.